The molecule has 0 radical (unpaired) electrons. The lowest BCUT2D eigenvalue weighted by Gasteiger charge is -2.64. The number of hydrogen-bond donors (Lipinski definition) is 3. The van der Waals surface area contributed by atoms with E-state index in [0.29, 0.717) is 58.2 Å². The van der Waals surface area contributed by atoms with E-state index in [0.717, 1.165) is 81.0 Å². The third kappa shape index (κ3) is 8.26. The number of hydrogen-bond acceptors (Lipinski definition) is 6. The Morgan fingerprint density at radius 3 is 1.73 bits per heavy atom. The first-order valence-electron chi connectivity index (χ1n) is 25.2. The summed E-state index contributed by atoms with van der Waals surface area (Å²) in [5, 5.41) is 32.5. The molecule has 8 rings (SSSR count). The monoisotopic (exact) mass is 964 g/mol. The van der Waals surface area contributed by atoms with Crippen LogP contribution in [0.2, 0.25) is 0 Å². The molecular formula is C52H86Br2O6. The van der Waals surface area contributed by atoms with E-state index in [1.54, 1.807) is 6.92 Å². The molecule has 10 unspecified atom stereocenters. The molecule has 0 heterocycles. The Kier molecular flexibility index (Phi) is 14.6. The molecular weight excluding hydrogens is 880 g/mol. The summed E-state index contributed by atoms with van der Waals surface area (Å²) in [6.07, 6.45) is 21.7. The Labute approximate surface area is 382 Å². The molecule has 8 aliphatic rings. The largest absolute Gasteiger partial charge is 0.468 e. The summed E-state index contributed by atoms with van der Waals surface area (Å²) in [6.45, 7) is 18.8. The van der Waals surface area contributed by atoms with Crippen LogP contribution in [0, 0.1) is 98.6 Å². The highest BCUT2D eigenvalue weighted by molar-refractivity contribution is 9.10. The Morgan fingerprint density at radius 1 is 0.633 bits per heavy atom. The molecule has 0 amide bonds. The third-order valence-electron chi connectivity index (χ3n) is 21.6. The molecule has 3 N–H and O–H groups in total. The van der Waals surface area contributed by atoms with Gasteiger partial charge in [-0.25, -0.2) is 0 Å². The smallest absolute Gasteiger partial charge is 0.319 e. The zero-order valence-electron chi connectivity index (χ0n) is 39.1. The first kappa shape index (κ1) is 47.9. The summed E-state index contributed by atoms with van der Waals surface area (Å²) in [5.74, 6) is 8.24. The number of Topliss-reactive ketones (excluding diaryl/α,β-unsaturated/α-hetero) is 1. The molecule has 6 nitrogen and oxygen atoms in total. The van der Waals surface area contributed by atoms with E-state index in [1.807, 2.05) is 0 Å². The molecule has 8 fully saturated rings. The van der Waals surface area contributed by atoms with Crippen LogP contribution in [0.3, 0.4) is 0 Å². The molecule has 8 aliphatic carbocycles. The van der Waals surface area contributed by atoms with Gasteiger partial charge in [-0.05, 0) is 221 Å². The molecule has 344 valence electrons. The predicted molar refractivity (Wildman–Crippen MR) is 249 cm³/mol. The molecule has 0 saturated heterocycles. The van der Waals surface area contributed by atoms with Crippen LogP contribution in [0.25, 0.3) is 0 Å². The number of fused-ring (bicyclic) bond motifs is 10. The first-order chi connectivity index (χ1) is 28.2. The highest BCUT2D eigenvalue weighted by Crippen LogP contribution is 2.71. The lowest BCUT2D eigenvalue weighted by Crippen LogP contribution is -2.62. The molecule has 0 aliphatic heterocycles. The van der Waals surface area contributed by atoms with E-state index in [-0.39, 0.29) is 50.5 Å². The summed E-state index contributed by atoms with van der Waals surface area (Å²) >= 11 is 7.19. The van der Waals surface area contributed by atoms with E-state index in [9.17, 15) is 24.9 Å². The third-order valence-corrected chi connectivity index (χ3v) is 23.4. The average Bonchev–Trinajstić information content (AvgIpc) is 3.75. The van der Waals surface area contributed by atoms with Gasteiger partial charge in [-0.3, -0.25) is 9.59 Å². The summed E-state index contributed by atoms with van der Waals surface area (Å²) in [5.41, 5.74) is 1.44. The summed E-state index contributed by atoms with van der Waals surface area (Å²) in [7, 11) is 1.48. The zero-order chi connectivity index (χ0) is 43.7. The lowest BCUT2D eigenvalue weighted by atomic mass is 9.41. The van der Waals surface area contributed by atoms with Crippen molar-refractivity contribution in [1.82, 2.24) is 0 Å². The first-order valence-corrected chi connectivity index (χ1v) is 27.0. The molecule has 0 aromatic rings. The zero-order valence-corrected chi connectivity index (χ0v) is 42.3. The highest BCUT2D eigenvalue weighted by atomic mass is 79.9. The minimum absolute atomic E-state index is 0.0282. The maximum absolute atomic E-state index is 11.9. The fourth-order valence-corrected chi connectivity index (χ4v) is 19.9. The van der Waals surface area contributed by atoms with Crippen molar-refractivity contribution in [1.29, 1.82) is 0 Å². The average molecular weight is 967 g/mol. The minimum Gasteiger partial charge on any atom is -0.468 e. The van der Waals surface area contributed by atoms with Crippen molar-refractivity contribution in [3.05, 3.63) is 0 Å². The van der Waals surface area contributed by atoms with E-state index in [4.69, 9.17) is 4.74 Å². The van der Waals surface area contributed by atoms with Gasteiger partial charge in [0.05, 0.1) is 30.2 Å². The van der Waals surface area contributed by atoms with Gasteiger partial charge in [-0.1, -0.05) is 86.7 Å². The second-order valence-corrected chi connectivity index (χ2v) is 26.1. The van der Waals surface area contributed by atoms with Gasteiger partial charge in [0.2, 0.25) is 0 Å². The fourth-order valence-electron chi connectivity index (χ4n) is 18.5. The molecule has 0 aromatic heterocycles. The quantitative estimate of drug-likeness (QED) is 0.157. The van der Waals surface area contributed by atoms with Gasteiger partial charge >= 0.3 is 5.97 Å². The number of rotatable bonds is 9. The molecule has 22 atom stereocenters. The fraction of sp³-hybridized carbons (Fsp3) is 0.962. The Hall–Kier alpha value is -0.0200. The van der Waals surface area contributed by atoms with Crippen LogP contribution < -0.4 is 0 Å². The summed E-state index contributed by atoms with van der Waals surface area (Å²) in [4.78, 5) is 23.6. The number of ketones is 1. The van der Waals surface area contributed by atoms with Gasteiger partial charge < -0.3 is 20.1 Å². The second kappa shape index (κ2) is 18.3. The SMILES string of the molecule is CC[C@H]1[C@@H](O)C2C3CCC([C@H](C)CC(Br)C(C)=O)[C@@]3(C)CCC2[C@@]2(C)CC[C@@H](O)C[C@@H]12.COC(=O)C(Br)C[C@@H](C)C1CCC2C3CC[C@@H]4C[C@H](O)CC[C@]4(C)C3CC[C@@]21C. The van der Waals surface area contributed by atoms with Crippen LogP contribution in [0.1, 0.15) is 177 Å². The van der Waals surface area contributed by atoms with Gasteiger partial charge in [0.15, 0.2) is 0 Å². The summed E-state index contributed by atoms with van der Waals surface area (Å²) < 4.78 is 4.94. The predicted octanol–water partition coefficient (Wildman–Crippen LogP) is 12.0. The van der Waals surface area contributed by atoms with Crippen molar-refractivity contribution in [2.45, 2.75) is 205 Å². The Balaban J connectivity index is 0.000000182. The van der Waals surface area contributed by atoms with Crippen LogP contribution in [-0.4, -0.2) is 62.1 Å². The highest BCUT2D eigenvalue weighted by Gasteiger charge is 2.65. The number of ether oxygens (including phenoxy) is 1. The maximum Gasteiger partial charge on any atom is 0.319 e. The van der Waals surface area contributed by atoms with Gasteiger partial charge in [-0.2, -0.15) is 0 Å². The molecule has 60 heavy (non-hydrogen) atoms. The Bertz CT molecular complexity index is 1520. The molecule has 0 bridgehead atoms. The van der Waals surface area contributed by atoms with Crippen LogP contribution in [0.4, 0.5) is 0 Å². The normalized spacial score (nSPS) is 50.1. The number of alkyl halides is 2. The van der Waals surface area contributed by atoms with Gasteiger partial charge in [-0.15, -0.1) is 0 Å². The van der Waals surface area contributed by atoms with E-state index >= 15 is 0 Å². The van der Waals surface area contributed by atoms with Gasteiger partial charge in [0.1, 0.15) is 10.6 Å². The number of carbonyl (C=O) groups is 2. The van der Waals surface area contributed by atoms with Crippen molar-refractivity contribution in [2.75, 3.05) is 7.11 Å². The molecule has 8 heteroatoms. The lowest BCUT2D eigenvalue weighted by molar-refractivity contribution is -0.203. The number of aliphatic hydroxyl groups excluding tert-OH is 3. The van der Waals surface area contributed by atoms with Crippen LogP contribution in [0.5, 0.6) is 0 Å². The standard InChI is InChI=1S/C27H45BrO3.C25H41BrO3/c1-6-18-22-14-17(30)9-11-27(22,5)21-10-12-26(4)19(15(2)13-23(28)16(3)29)7-8-20(26)24(21)25(18)31;1-15(13-22(26)23(28)29-4)19-7-8-20-18-6-5-16-14-17(27)9-11-24(16,2)21(18)10-12-25(19,20)3/h15,17-25,30-31H,6-14H2,1-5H3;15-22,27H,5-14H2,1-4H3/t15-,17-,18-,19?,20?,21?,22+,23?,24?,25-,26-,27-;15-,16-,17-,18?,19?,20?,21?,22?,24+,25-/m11/s1. The number of esters is 1. The van der Waals surface area contributed by atoms with Crippen molar-refractivity contribution in [3.8, 4) is 0 Å². The topological polar surface area (TPSA) is 104 Å². The number of methoxy groups -OCH3 is 1. The Morgan fingerprint density at radius 2 is 1.13 bits per heavy atom. The van der Waals surface area contributed by atoms with Crippen molar-refractivity contribution < 1.29 is 29.6 Å². The molecule has 0 aromatic carbocycles. The van der Waals surface area contributed by atoms with Gasteiger partial charge in [0, 0.05) is 0 Å². The van der Waals surface area contributed by atoms with Crippen LogP contribution >= 0.6 is 31.9 Å². The van der Waals surface area contributed by atoms with Crippen molar-refractivity contribution in [3.63, 3.8) is 0 Å². The second-order valence-electron chi connectivity index (χ2n) is 23.9. The van der Waals surface area contributed by atoms with Crippen LogP contribution in [-0.2, 0) is 14.3 Å². The maximum atomic E-state index is 11.9. The minimum atomic E-state index is -0.224. The van der Waals surface area contributed by atoms with E-state index in [1.165, 1.54) is 77.7 Å². The van der Waals surface area contributed by atoms with Gasteiger partial charge in [0.25, 0.3) is 0 Å². The molecule has 8 saturated carbocycles. The van der Waals surface area contributed by atoms with E-state index in [2.05, 4.69) is 80.3 Å². The number of aliphatic hydroxyl groups is 3. The molecule has 0 spiro atoms. The van der Waals surface area contributed by atoms with E-state index < -0.39 is 0 Å². The van der Waals surface area contributed by atoms with Crippen molar-refractivity contribution >= 4 is 43.6 Å². The number of halogens is 2. The summed E-state index contributed by atoms with van der Waals surface area (Å²) in [6, 6.07) is 0. The van der Waals surface area contributed by atoms with Crippen LogP contribution in [0.15, 0.2) is 0 Å². The van der Waals surface area contributed by atoms with Crippen molar-refractivity contribution in [2.24, 2.45) is 98.6 Å². The number of carbonyl (C=O) groups excluding carboxylic acids is 2.